The van der Waals surface area contributed by atoms with Crippen LogP contribution in [0.2, 0.25) is 5.02 Å². The van der Waals surface area contributed by atoms with Crippen molar-refractivity contribution in [2.45, 2.75) is 6.42 Å². The zero-order chi connectivity index (χ0) is 15.4. The lowest BCUT2D eigenvalue weighted by Gasteiger charge is -2.13. The Bertz CT molecular complexity index is 586. The van der Waals surface area contributed by atoms with Crippen LogP contribution in [0.1, 0.15) is 12.0 Å². The summed E-state index contributed by atoms with van der Waals surface area (Å²) in [6.45, 7) is 1.04. The Morgan fingerprint density at radius 2 is 2.29 bits per heavy atom. The van der Waals surface area contributed by atoms with Gasteiger partial charge < -0.3 is 4.74 Å². The van der Waals surface area contributed by atoms with Crippen LogP contribution in [0, 0.1) is 5.82 Å². The summed E-state index contributed by atoms with van der Waals surface area (Å²) in [4.78, 5) is 14.2. The molecular weight excluding hydrogens is 333 g/mol. The van der Waals surface area contributed by atoms with Crippen molar-refractivity contribution in [1.82, 2.24) is 4.90 Å². The number of carbonyl (C=O) groups is 1. The number of halogens is 2. The predicted octanol–water partition coefficient (Wildman–Crippen LogP) is 3.72. The normalized spacial score (nSPS) is 17.1. The third-order valence-corrected chi connectivity index (χ3v) is 4.59. The van der Waals surface area contributed by atoms with Gasteiger partial charge in [0.1, 0.15) is 10.1 Å². The zero-order valence-corrected chi connectivity index (χ0v) is 13.7. The number of hydrogen-bond acceptors (Lipinski definition) is 4. The molecule has 1 heterocycles. The van der Waals surface area contributed by atoms with Gasteiger partial charge in [0.05, 0.1) is 9.93 Å². The first kappa shape index (κ1) is 16.4. The van der Waals surface area contributed by atoms with Crippen molar-refractivity contribution >= 4 is 51.9 Å². The maximum Gasteiger partial charge on any atom is 0.266 e. The third-order valence-electron chi connectivity index (χ3n) is 2.88. The molecule has 0 saturated carbocycles. The first-order valence-corrected chi connectivity index (χ1v) is 7.83. The first-order chi connectivity index (χ1) is 10.0. The smallest absolute Gasteiger partial charge is 0.266 e. The Balaban J connectivity index is 2.20. The minimum atomic E-state index is -0.466. The number of rotatable bonds is 5. The summed E-state index contributed by atoms with van der Waals surface area (Å²) in [5.41, 5.74) is 0.205. The summed E-state index contributed by atoms with van der Waals surface area (Å²) >= 11 is 12.3. The van der Waals surface area contributed by atoms with Gasteiger partial charge in [0.2, 0.25) is 0 Å². The summed E-state index contributed by atoms with van der Waals surface area (Å²) in [5, 5.41) is 0.264. The number of nitrogens with zero attached hydrogens (tertiary/aromatic N) is 1. The molecule has 0 radical (unpaired) electrons. The molecule has 1 fully saturated rings. The topological polar surface area (TPSA) is 29.5 Å². The maximum atomic E-state index is 13.8. The lowest BCUT2D eigenvalue weighted by molar-refractivity contribution is -0.122. The fourth-order valence-electron chi connectivity index (χ4n) is 1.84. The standard InChI is InChI=1S/C14H13ClFNO2S2/c1-19-7-3-6-17-13(18)12(21-14(17)20)8-9-10(15)4-2-5-11(9)16/h2,4-5,8H,3,6-7H2,1H3/b12-8-. The van der Waals surface area contributed by atoms with E-state index in [1.54, 1.807) is 13.2 Å². The molecule has 2 rings (SSSR count). The molecule has 1 aromatic carbocycles. The molecule has 1 aliphatic heterocycles. The second-order valence-electron chi connectivity index (χ2n) is 4.32. The number of benzene rings is 1. The molecule has 7 heteroatoms. The molecular formula is C14H13ClFNO2S2. The Labute approximate surface area is 137 Å². The van der Waals surface area contributed by atoms with E-state index in [2.05, 4.69) is 0 Å². The zero-order valence-electron chi connectivity index (χ0n) is 11.3. The molecule has 0 bridgehead atoms. The van der Waals surface area contributed by atoms with E-state index in [9.17, 15) is 9.18 Å². The van der Waals surface area contributed by atoms with Crippen LogP contribution < -0.4 is 0 Å². The number of ether oxygens (including phenoxy) is 1. The predicted molar refractivity (Wildman–Crippen MR) is 87.8 cm³/mol. The number of hydrogen-bond donors (Lipinski definition) is 0. The molecule has 21 heavy (non-hydrogen) atoms. The largest absolute Gasteiger partial charge is 0.385 e. The van der Waals surface area contributed by atoms with Crippen molar-refractivity contribution in [3.63, 3.8) is 0 Å². The van der Waals surface area contributed by atoms with Crippen LogP contribution in [0.15, 0.2) is 23.1 Å². The fourth-order valence-corrected chi connectivity index (χ4v) is 3.35. The third kappa shape index (κ3) is 3.83. The average Bonchev–Trinajstić information content (AvgIpc) is 2.70. The fraction of sp³-hybridized carbons (Fsp3) is 0.286. The van der Waals surface area contributed by atoms with E-state index in [0.717, 1.165) is 11.8 Å². The van der Waals surface area contributed by atoms with Crippen LogP contribution in [0.25, 0.3) is 6.08 Å². The van der Waals surface area contributed by atoms with E-state index in [0.29, 0.717) is 28.8 Å². The molecule has 112 valence electrons. The molecule has 1 aliphatic rings. The summed E-state index contributed by atoms with van der Waals surface area (Å²) in [6, 6.07) is 4.40. The number of methoxy groups -OCH3 is 1. The molecule has 0 aliphatic carbocycles. The number of thiocarbonyl (C=S) groups is 1. The van der Waals surface area contributed by atoms with E-state index >= 15 is 0 Å². The van der Waals surface area contributed by atoms with E-state index in [1.165, 1.54) is 23.1 Å². The highest BCUT2D eigenvalue weighted by Crippen LogP contribution is 2.34. The van der Waals surface area contributed by atoms with E-state index < -0.39 is 5.82 Å². The van der Waals surface area contributed by atoms with Gasteiger partial charge in [-0.2, -0.15) is 0 Å². The molecule has 0 spiro atoms. The van der Waals surface area contributed by atoms with Gasteiger partial charge in [-0.1, -0.05) is 41.6 Å². The minimum Gasteiger partial charge on any atom is -0.385 e. The monoisotopic (exact) mass is 345 g/mol. The van der Waals surface area contributed by atoms with Crippen molar-refractivity contribution < 1.29 is 13.9 Å². The van der Waals surface area contributed by atoms with E-state index in [-0.39, 0.29) is 16.5 Å². The van der Waals surface area contributed by atoms with Gasteiger partial charge in [0, 0.05) is 25.8 Å². The lowest BCUT2D eigenvalue weighted by Crippen LogP contribution is -2.29. The van der Waals surface area contributed by atoms with Crippen molar-refractivity contribution in [3.8, 4) is 0 Å². The Morgan fingerprint density at radius 3 is 2.95 bits per heavy atom. The molecule has 1 aromatic rings. The van der Waals surface area contributed by atoms with Crippen LogP contribution in [0.5, 0.6) is 0 Å². The Hall–Kier alpha value is -0.950. The van der Waals surface area contributed by atoms with Crippen molar-refractivity contribution in [3.05, 3.63) is 39.5 Å². The number of thioether (sulfide) groups is 1. The van der Waals surface area contributed by atoms with Gasteiger partial charge in [-0.05, 0) is 24.6 Å². The second-order valence-corrected chi connectivity index (χ2v) is 6.40. The van der Waals surface area contributed by atoms with Gasteiger partial charge >= 0.3 is 0 Å². The summed E-state index contributed by atoms with van der Waals surface area (Å²) in [5.74, 6) is -0.687. The van der Waals surface area contributed by atoms with Crippen LogP contribution >= 0.6 is 35.6 Å². The number of amides is 1. The van der Waals surface area contributed by atoms with Crippen LogP contribution in [-0.4, -0.2) is 35.4 Å². The quantitative estimate of drug-likeness (QED) is 0.462. The number of carbonyl (C=O) groups excluding carboxylic acids is 1. The van der Waals surface area contributed by atoms with Crippen LogP contribution in [0.3, 0.4) is 0 Å². The first-order valence-electron chi connectivity index (χ1n) is 6.23. The highest BCUT2D eigenvalue weighted by molar-refractivity contribution is 8.26. The van der Waals surface area contributed by atoms with Crippen molar-refractivity contribution in [1.29, 1.82) is 0 Å². The van der Waals surface area contributed by atoms with E-state index in [4.69, 9.17) is 28.6 Å². The van der Waals surface area contributed by atoms with Crippen molar-refractivity contribution in [2.24, 2.45) is 0 Å². The average molecular weight is 346 g/mol. The summed E-state index contributed by atoms with van der Waals surface area (Å²) in [6.07, 6.45) is 2.14. The van der Waals surface area contributed by atoms with Crippen molar-refractivity contribution in [2.75, 3.05) is 20.3 Å². The van der Waals surface area contributed by atoms with Gasteiger partial charge in [0.25, 0.3) is 5.91 Å². The van der Waals surface area contributed by atoms with Crippen LogP contribution in [-0.2, 0) is 9.53 Å². The van der Waals surface area contributed by atoms with Gasteiger partial charge in [-0.15, -0.1) is 0 Å². The Morgan fingerprint density at radius 1 is 1.52 bits per heavy atom. The minimum absolute atomic E-state index is 0.205. The Kier molecular flexibility index (Phi) is 5.75. The van der Waals surface area contributed by atoms with E-state index in [1.807, 2.05) is 0 Å². The molecule has 1 saturated heterocycles. The van der Waals surface area contributed by atoms with Gasteiger partial charge in [-0.3, -0.25) is 9.69 Å². The SMILES string of the molecule is COCCCN1C(=O)/C(=C/c2c(F)cccc2Cl)SC1=S. The molecule has 0 unspecified atom stereocenters. The maximum absolute atomic E-state index is 13.8. The second kappa shape index (κ2) is 7.35. The van der Waals surface area contributed by atoms with Gasteiger partial charge in [-0.25, -0.2) is 4.39 Å². The molecule has 0 N–H and O–H groups in total. The molecule has 0 atom stereocenters. The van der Waals surface area contributed by atoms with Gasteiger partial charge in [0.15, 0.2) is 0 Å². The lowest BCUT2D eigenvalue weighted by atomic mass is 10.2. The summed E-state index contributed by atoms with van der Waals surface area (Å²) in [7, 11) is 1.60. The van der Waals surface area contributed by atoms with Crippen LogP contribution in [0.4, 0.5) is 4.39 Å². The molecule has 3 nitrogen and oxygen atoms in total. The molecule has 1 amide bonds. The highest BCUT2D eigenvalue weighted by Gasteiger charge is 2.31. The molecule has 0 aromatic heterocycles. The highest BCUT2D eigenvalue weighted by atomic mass is 35.5. The summed E-state index contributed by atoms with van der Waals surface area (Å²) < 4.78 is 19.2.